The highest BCUT2D eigenvalue weighted by Gasteiger charge is 2.22. The predicted octanol–water partition coefficient (Wildman–Crippen LogP) is 5.67. The fourth-order valence-corrected chi connectivity index (χ4v) is 4.08. The Hall–Kier alpha value is -3.77. The Balaban J connectivity index is 1.71. The molecule has 0 spiro atoms. The van der Waals surface area contributed by atoms with Gasteiger partial charge in [-0.15, -0.1) is 0 Å². The van der Waals surface area contributed by atoms with E-state index in [1.807, 2.05) is 66.9 Å². The Kier molecular flexibility index (Phi) is 6.61. The zero-order valence-corrected chi connectivity index (χ0v) is 19.3. The second kappa shape index (κ2) is 9.61. The van der Waals surface area contributed by atoms with Crippen LogP contribution in [-0.4, -0.2) is 27.5 Å². The van der Waals surface area contributed by atoms with Crippen LogP contribution < -0.4 is 0 Å². The largest absolute Gasteiger partial charge is 0.479 e. The second-order valence-corrected chi connectivity index (χ2v) is 8.51. The van der Waals surface area contributed by atoms with Gasteiger partial charge in [-0.05, 0) is 50.1 Å². The third-order valence-electron chi connectivity index (χ3n) is 6.01. The number of rotatable bonds is 8. The van der Waals surface area contributed by atoms with Gasteiger partial charge in [0.1, 0.15) is 5.82 Å². The van der Waals surface area contributed by atoms with Gasteiger partial charge < -0.3 is 14.4 Å². The fraction of sp³-hybridized carbons (Fsp3) is 0.214. The van der Waals surface area contributed by atoms with Gasteiger partial charge in [0.15, 0.2) is 11.9 Å². The van der Waals surface area contributed by atoms with E-state index in [4.69, 9.17) is 9.84 Å². The molecule has 0 amide bonds. The molecule has 0 saturated heterocycles. The molecule has 1 N–H and O–H groups in total. The topological polar surface area (TPSA) is 68.5 Å². The van der Waals surface area contributed by atoms with Crippen molar-refractivity contribution in [2.24, 2.45) is 0 Å². The van der Waals surface area contributed by atoms with E-state index in [9.17, 15) is 14.0 Å². The Morgan fingerprint density at radius 2 is 1.71 bits per heavy atom. The number of hydrogen-bond donors (Lipinski definition) is 1. The molecule has 0 fully saturated rings. The lowest BCUT2D eigenvalue weighted by Crippen LogP contribution is -2.19. The van der Waals surface area contributed by atoms with E-state index in [1.54, 1.807) is 6.07 Å². The minimum absolute atomic E-state index is 0.0994. The fourth-order valence-electron chi connectivity index (χ4n) is 4.08. The summed E-state index contributed by atoms with van der Waals surface area (Å²) >= 11 is 0. The molecule has 1 heterocycles. The van der Waals surface area contributed by atoms with E-state index in [-0.39, 0.29) is 18.2 Å². The quantitative estimate of drug-likeness (QED) is 0.345. The third-order valence-corrected chi connectivity index (χ3v) is 6.01. The summed E-state index contributed by atoms with van der Waals surface area (Å²) in [6.45, 7) is 5.92. The lowest BCUT2D eigenvalue weighted by Gasteiger charge is -2.12. The second-order valence-electron chi connectivity index (χ2n) is 8.51. The Bertz CT molecular complexity index is 1370. The number of hydrogen-bond acceptors (Lipinski definition) is 3. The van der Waals surface area contributed by atoms with E-state index in [1.165, 1.54) is 19.1 Å². The maximum absolute atomic E-state index is 14.2. The monoisotopic (exact) mass is 459 g/mol. The minimum atomic E-state index is -1.02. The van der Waals surface area contributed by atoms with Crippen molar-refractivity contribution in [1.82, 2.24) is 4.57 Å². The maximum atomic E-state index is 14.2. The van der Waals surface area contributed by atoms with Crippen LogP contribution in [0, 0.1) is 19.7 Å². The van der Waals surface area contributed by atoms with E-state index in [0.717, 1.165) is 22.4 Å². The molecular weight excluding hydrogens is 433 g/mol. The number of carbonyl (C=O) groups is 2. The molecule has 4 aromatic rings. The number of carboxylic acid groups (broad SMARTS) is 1. The first kappa shape index (κ1) is 23.4. The third kappa shape index (κ3) is 4.77. The molecular formula is C28H26FNO4. The van der Waals surface area contributed by atoms with Crippen molar-refractivity contribution in [2.75, 3.05) is 0 Å². The minimum Gasteiger partial charge on any atom is -0.479 e. The summed E-state index contributed by atoms with van der Waals surface area (Å²) < 4.78 is 21.5. The molecule has 1 aromatic heterocycles. The Morgan fingerprint density at radius 3 is 2.41 bits per heavy atom. The van der Waals surface area contributed by atoms with Crippen LogP contribution in [0.5, 0.6) is 0 Å². The van der Waals surface area contributed by atoms with Gasteiger partial charge in [-0.2, -0.15) is 0 Å². The van der Waals surface area contributed by atoms with Crippen molar-refractivity contribution < 1.29 is 23.8 Å². The van der Waals surface area contributed by atoms with Gasteiger partial charge in [-0.25, -0.2) is 9.18 Å². The molecule has 6 heteroatoms. The number of carboxylic acids is 1. The molecule has 4 rings (SSSR count). The number of fused-ring (bicyclic) bond motifs is 1. The van der Waals surface area contributed by atoms with Crippen LogP contribution in [-0.2, 0) is 22.7 Å². The molecule has 0 saturated carbocycles. The molecule has 3 aromatic carbocycles. The smallest absolute Gasteiger partial charge is 0.332 e. The van der Waals surface area contributed by atoms with Gasteiger partial charge in [0.05, 0.1) is 17.7 Å². The van der Waals surface area contributed by atoms with Crippen LogP contribution >= 0.6 is 0 Å². The molecule has 0 unspecified atom stereocenters. The van der Waals surface area contributed by atoms with Crippen molar-refractivity contribution in [3.05, 3.63) is 106 Å². The summed E-state index contributed by atoms with van der Waals surface area (Å²) in [6, 6.07) is 19.5. The van der Waals surface area contributed by atoms with Crippen LogP contribution in [0.1, 0.15) is 45.2 Å². The number of halogens is 1. The van der Waals surface area contributed by atoms with E-state index in [0.29, 0.717) is 28.6 Å². The lowest BCUT2D eigenvalue weighted by atomic mass is 9.99. The van der Waals surface area contributed by atoms with Crippen LogP contribution in [0.4, 0.5) is 4.39 Å². The van der Waals surface area contributed by atoms with Crippen molar-refractivity contribution in [2.45, 2.75) is 40.0 Å². The molecule has 0 aliphatic carbocycles. The highest BCUT2D eigenvalue weighted by atomic mass is 19.1. The summed E-state index contributed by atoms with van der Waals surface area (Å²) in [5.41, 5.74) is 5.39. The number of nitrogens with zero attached hydrogens (tertiary/aromatic N) is 1. The first-order valence-corrected chi connectivity index (χ1v) is 11.1. The van der Waals surface area contributed by atoms with E-state index >= 15 is 0 Å². The van der Waals surface area contributed by atoms with Crippen molar-refractivity contribution >= 4 is 22.7 Å². The van der Waals surface area contributed by atoms with E-state index in [2.05, 4.69) is 0 Å². The number of ether oxygens (including phenoxy) is 1. The van der Waals surface area contributed by atoms with Crippen molar-refractivity contribution in [3.8, 4) is 0 Å². The molecule has 1 atom stereocenters. The van der Waals surface area contributed by atoms with Gasteiger partial charge in [0, 0.05) is 23.2 Å². The predicted molar refractivity (Wildman–Crippen MR) is 129 cm³/mol. The van der Waals surface area contributed by atoms with Crippen LogP contribution in [0.3, 0.4) is 0 Å². The number of aromatic nitrogens is 1. The normalized spacial score (nSPS) is 12.1. The van der Waals surface area contributed by atoms with E-state index < -0.39 is 12.1 Å². The zero-order valence-electron chi connectivity index (χ0n) is 19.3. The zero-order chi connectivity index (χ0) is 24.4. The maximum Gasteiger partial charge on any atom is 0.332 e. The molecule has 0 radical (unpaired) electrons. The van der Waals surface area contributed by atoms with Gasteiger partial charge in [-0.3, -0.25) is 4.79 Å². The molecule has 5 nitrogen and oxygen atoms in total. The molecule has 0 aliphatic rings. The van der Waals surface area contributed by atoms with Crippen molar-refractivity contribution in [1.29, 1.82) is 0 Å². The number of aliphatic carboxylic acids is 1. The van der Waals surface area contributed by atoms with Gasteiger partial charge in [0.2, 0.25) is 0 Å². The number of carbonyl (C=O) groups excluding carboxylic acids is 1. The molecule has 174 valence electrons. The Morgan fingerprint density at radius 1 is 1.00 bits per heavy atom. The summed E-state index contributed by atoms with van der Waals surface area (Å²) in [6.07, 6.45) is -0.905. The number of ketones is 1. The van der Waals surface area contributed by atoms with Gasteiger partial charge in [-0.1, -0.05) is 54.1 Å². The highest BCUT2D eigenvalue weighted by Crippen LogP contribution is 2.30. The average Bonchev–Trinajstić information content (AvgIpc) is 3.08. The summed E-state index contributed by atoms with van der Waals surface area (Å²) in [7, 11) is 0. The summed E-state index contributed by atoms with van der Waals surface area (Å²) in [5, 5.41) is 9.73. The highest BCUT2D eigenvalue weighted by molar-refractivity contribution is 6.17. The first-order valence-electron chi connectivity index (χ1n) is 11.1. The standard InChI is InChI=1S/C28H26FNO4/c1-17-7-9-22(10-8-17)27(31)26-18(2)30(25-14-23(29)11-12-24(25)26)15-20-5-4-6-21(13-20)16-34-19(3)28(32)33/h4-14,19H,15-16H2,1-3H3,(H,32,33)/t19-/m1/s1. The molecule has 0 aliphatic heterocycles. The van der Waals surface area contributed by atoms with Gasteiger partial charge in [0.25, 0.3) is 0 Å². The molecule has 0 bridgehead atoms. The van der Waals surface area contributed by atoms with Crippen molar-refractivity contribution in [3.63, 3.8) is 0 Å². The molecule has 34 heavy (non-hydrogen) atoms. The van der Waals surface area contributed by atoms with Gasteiger partial charge >= 0.3 is 5.97 Å². The first-order chi connectivity index (χ1) is 16.2. The average molecular weight is 460 g/mol. The lowest BCUT2D eigenvalue weighted by molar-refractivity contribution is -0.149. The van der Waals surface area contributed by atoms with Crippen LogP contribution in [0.15, 0.2) is 66.7 Å². The number of benzene rings is 3. The SMILES string of the molecule is Cc1ccc(C(=O)c2c(C)n(Cc3cccc(CO[C@H](C)C(=O)O)c3)c3cc(F)ccc23)cc1. The Labute approximate surface area is 197 Å². The van der Waals surface area contributed by atoms with Crippen LogP contribution in [0.25, 0.3) is 10.9 Å². The van der Waals surface area contributed by atoms with Crippen LogP contribution in [0.2, 0.25) is 0 Å². The summed E-state index contributed by atoms with van der Waals surface area (Å²) in [5.74, 6) is -1.48. The number of aryl methyl sites for hydroxylation is 1. The summed E-state index contributed by atoms with van der Waals surface area (Å²) in [4.78, 5) is 24.4.